The zero-order valence-electron chi connectivity index (χ0n) is 40.1. The number of rotatable bonds is 4. The Morgan fingerprint density at radius 2 is 0.462 bits per heavy atom. The van der Waals surface area contributed by atoms with E-state index < -0.39 is 0 Å². The zero-order chi connectivity index (χ0) is 45.3. The number of fused-ring (bicyclic) bond motifs is 8. The predicted octanol–water partition coefficient (Wildman–Crippen LogP) is 16.5. The maximum absolute atomic E-state index is 5.56. The molecule has 2 aliphatic heterocycles. The van der Waals surface area contributed by atoms with Crippen LogP contribution in [0.25, 0.3) is 90.9 Å². The molecule has 9 rings (SSSR count). The summed E-state index contributed by atoms with van der Waals surface area (Å²) in [4.78, 5) is 19.0. The van der Waals surface area contributed by atoms with E-state index in [1.807, 2.05) is 0 Å². The minimum atomic E-state index is 0. The van der Waals surface area contributed by atoms with E-state index in [-0.39, 0.29) is 38.7 Å². The second kappa shape index (κ2) is 16.8. The van der Waals surface area contributed by atoms with Gasteiger partial charge in [0.2, 0.25) is 0 Å². The molecule has 7 aromatic rings. The molecular formula is C60H62CuN4. The molecule has 65 heavy (non-hydrogen) atoms. The van der Waals surface area contributed by atoms with Crippen LogP contribution in [0.4, 0.5) is 0 Å². The second-order valence-corrected chi connectivity index (χ2v) is 21.8. The van der Waals surface area contributed by atoms with Crippen LogP contribution in [0.3, 0.4) is 0 Å². The molecule has 0 unspecified atom stereocenters. The topological polar surface area (TPSA) is 57.4 Å². The number of nitrogens with zero attached hydrogens (tertiary/aromatic N) is 2. The van der Waals surface area contributed by atoms with Gasteiger partial charge in [-0.1, -0.05) is 180 Å². The molecule has 5 heterocycles. The first-order valence-corrected chi connectivity index (χ1v) is 22.8. The van der Waals surface area contributed by atoms with Crippen molar-refractivity contribution in [3.63, 3.8) is 0 Å². The number of aromatic amines is 2. The molecule has 4 aromatic carbocycles. The predicted molar refractivity (Wildman–Crippen MR) is 275 cm³/mol. The van der Waals surface area contributed by atoms with Gasteiger partial charge in [-0.15, -0.1) is 0 Å². The summed E-state index contributed by atoms with van der Waals surface area (Å²) in [5, 5.41) is 0. The van der Waals surface area contributed by atoms with E-state index in [9.17, 15) is 0 Å². The Balaban J connectivity index is 0.00000576. The van der Waals surface area contributed by atoms with E-state index >= 15 is 0 Å². The molecule has 2 N–H and O–H groups in total. The van der Waals surface area contributed by atoms with Crippen molar-refractivity contribution >= 4 is 46.4 Å². The van der Waals surface area contributed by atoms with Gasteiger partial charge in [0.05, 0.1) is 22.8 Å². The molecule has 0 atom stereocenters. The van der Waals surface area contributed by atoms with Crippen LogP contribution >= 0.6 is 0 Å². The van der Waals surface area contributed by atoms with Crippen LogP contribution < -0.4 is 0 Å². The molecule has 3 aromatic heterocycles. The third-order valence-corrected chi connectivity index (χ3v) is 12.9. The average Bonchev–Trinajstić information content (AvgIpc) is 4.08. The first kappa shape index (κ1) is 45.6. The Kier molecular flexibility index (Phi) is 11.8. The Morgan fingerprint density at radius 3 is 0.631 bits per heavy atom. The normalized spacial score (nSPS) is 13.0. The third kappa shape index (κ3) is 9.02. The summed E-state index contributed by atoms with van der Waals surface area (Å²) in [7, 11) is 0. The Bertz CT molecular complexity index is 2710. The SMILES string of the molecule is CC(C)(C)c1ccc(-c2c3nc(c(-c4ccc(C(C)(C)C)cc4)c4ccc([nH]4)c(-c4ccc(C(C)(C)C)cc4)c4nc(c(-c5ccc(C(C)(C)C)cc5)c5ccc2[nH]5)C=C4)C=C3)cc1.[Cu]. The number of nitrogens with one attached hydrogen (secondary N) is 2. The van der Waals surface area contributed by atoms with Crippen molar-refractivity contribution in [2.24, 2.45) is 0 Å². The maximum Gasteiger partial charge on any atom is 0.0737 e. The zero-order valence-corrected chi connectivity index (χ0v) is 41.0. The summed E-state index contributed by atoms with van der Waals surface area (Å²) >= 11 is 0. The fraction of sp³-hybridized carbons (Fsp3) is 0.267. The molecular weight excluding hydrogens is 840 g/mol. The third-order valence-electron chi connectivity index (χ3n) is 12.9. The number of H-pyrrole nitrogens is 2. The number of benzene rings is 4. The summed E-state index contributed by atoms with van der Waals surface area (Å²) in [6.07, 6.45) is 8.73. The molecule has 0 spiro atoms. The van der Waals surface area contributed by atoms with Gasteiger partial charge in [0.15, 0.2) is 0 Å². The van der Waals surface area contributed by atoms with Crippen molar-refractivity contribution in [2.45, 2.75) is 105 Å². The van der Waals surface area contributed by atoms with Crippen LogP contribution in [0.15, 0.2) is 121 Å². The van der Waals surface area contributed by atoms with Crippen molar-refractivity contribution in [3.8, 4) is 44.5 Å². The number of hydrogen-bond acceptors (Lipinski definition) is 2. The number of hydrogen-bond donors (Lipinski definition) is 2. The Hall–Kier alpha value is -6.00. The largest absolute Gasteiger partial charge is 0.354 e. The van der Waals surface area contributed by atoms with Gasteiger partial charge in [-0.2, -0.15) is 0 Å². The fourth-order valence-corrected chi connectivity index (χ4v) is 8.97. The van der Waals surface area contributed by atoms with E-state index in [2.05, 4.69) is 239 Å². The van der Waals surface area contributed by atoms with E-state index in [0.29, 0.717) is 0 Å². The van der Waals surface area contributed by atoms with Crippen molar-refractivity contribution in [2.75, 3.05) is 0 Å². The molecule has 2 aliphatic rings. The molecule has 0 saturated carbocycles. The van der Waals surface area contributed by atoms with Crippen LogP contribution in [0, 0.1) is 0 Å². The van der Waals surface area contributed by atoms with Crippen molar-refractivity contribution < 1.29 is 17.1 Å². The van der Waals surface area contributed by atoms with Crippen molar-refractivity contribution in [1.82, 2.24) is 19.9 Å². The summed E-state index contributed by atoms with van der Waals surface area (Å²) in [5.41, 5.74) is 21.5. The van der Waals surface area contributed by atoms with Gasteiger partial charge in [0, 0.05) is 61.4 Å². The summed E-state index contributed by atoms with van der Waals surface area (Å²) < 4.78 is 0. The summed E-state index contributed by atoms with van der Waals surface area (Å²) in [5.74, 6) is 0. The van der Waals surface area contributed by atoms with E-state index in [1.165, 1.54) is 22.3 Å². The van der Waals surface area contributed by atoms with Gasteiger partial charge < -0.3 is 9.97 Å². The summed E-state index contributed by atoms with van der Waals surface area (Å²) in [6.45, 7) is 27.2. The second-order valence-electron chi connectivity index (χ2n) is 21.8. The van der Waals surface area contributed by atoms with Crippen molar-refractivity contribution in [3.05, 3.63) is 166 Å². The van der Waals surface area contributed by atoms with Crippen molar-refractivity contribution in [1.29, 1.82) is 0 Å². The maximum atomic E-state index is 5.56. The molecule has 8 bridgehead atoms. The monoisotopic (exact) mass is 901 g/mol. The van der Waals surface area contributed by atoms with Crippen LogP contribution in [0.5, 0.6) is 0 Å². The summed E-state index contributed by atoms with van der Waals surface area (Å²) in [6, 6.07) is 45.0. The van der Waals surface area contributed by atoms with Crippen LogP contribution in [-0.4, -0.2) is 19.9 Å². The van der Waals surface area contributed by atoms with Gasteiger partial charge in [-0.25, -0.2) is 9.97 Å². The van der Waals surface area contributed by atoms with Gasteiger partial charge >= 0.3 is 0 Å². The first-order chi connectivity index (χ1) is 30.2. The molecule has 4 nitrogen and oxygen atoms in total. The molecule has 0 saturated heterocycles. The quantitative estimate of drug-likeness (QED) is 0.173. The number of aromatic nitrogens is 4. The average molecular weight is 903 g/mol. The molecule has 1 radical (unpaired) electrons. The Morgan fingerprint density at radius 1 is 0.277 bits per heavy atom. The smallest absolute Gasteiger partial charge is 0.0737 e. The minimum absolute atomic E-state index is 0. The van der Waals surface area contributed by atoms with Gasteiger partial charge in [-0.3, -0.25) is 0 Å². The molecule has 0 amide bonds. The standard InChI is InChI=1S/C60H62N4.Cu/c1-57(2,3)41-21-13-37(14-22-41)53-45-29-31-47(61-45)54(38-15-23-42(24-16-38)58(4,5)6)49-33-35-51(63-49)56(40-19-27-44(28-20-40)60(10,11)12)52-36-34-50(64-52)55(48-32-30-46(53)62-48)39-17-25-43(26-18-39)59(7,8)9;/h13-36,61,64H,1-12H3;. The van der Waals surface area contributed by atoms with Gasteiger partial charge in [0.25, 0.3) is 0 Å². The fourth-order valence-electron chi connectivity index (χ4n) is 8.97. The molecule has 0 aliphatic carbocycles. The Labute approximate surface area is 396 Å². The van der Waals surface area contributed by atoms with Crippen LogP contribution in [-0.2, 0) is 38.7 Å². The van der Waals surface area contributed by atoms with Gasteiger partial charge in [0.1, 0.15) is 0 Å². The van der Waals surface area contributed by atoms with Gasteiger partial charge in [-0.05, 0) is 115 Å². The minimum Gasteiger partial charge on any atom is -0.354 e. The van der Waals surface area contributed by atoms with E-state index in [1.54, 1.807) is 0 Å². The van der Waals surface area contributed by atoms with Crippen LogP contribution in [0.1, 0.15) is 128 Å². The van der Waals surface area contributed by atoms with E-state index in [0.717, 1.165) is 89.4 Å². The molecule has 0 fully saturated rings. The van der Waals surface area contributed by atoms with E-state index in [4.69, 9.17) is 9.97 Å². The molecule has 333 valence electrons. The first-order valence-electron chi connectivity index (χ1n) is 22.8. The molecule has 5 heteroatoms. The van der Waals surface area contributed by atoms with Crippen LogP contribution in [0.2, 0.25) is 0 Å².